The molecule has 2 atom stereocenters. The maximum Gasteiger partial charge on any atom is 0.252 e. The molecule has 2 fully saturated rings. The molecule has 1 saturated carbocycles. The summed E-state index contributed by atoms with van der Waals surface area (Å²) in [4.78, 5) is 14.3. The maximum atomic E-state index is 12.8. The van der Waals surface area contributed by atoms with Crippen LogP contribution in [0.25, 0.3) is 0 Å². The van der Waals surface area contributed by atoms with Crippen molar-refractivity contribution in [2.45, 2.75) is 63.0 Å². The number of carbonyl (C=O) groups excluding carboxylic acids is 1. The Hall–Kier alpha value is -0.270. The number of rotatable bonds is 5. The van der Waals surface area contributed by atoms with Gasteiger partial charge in [-0.15, -0.1) is 0 Å². The van der Waals surface area contributed by atoms with E-state index in [4.69, 9.17) is 4.74 Å². The van der Waals surface area contributed by atoms with Crippen LogP contribution in [0.2, 0.25) is 0 Å². The third-order valence-electron chi connectivity index (χ3n) is 4.42. The van der Waals surface area contributed by atoms with Gasteiger partial charge in [0.15, 0.2) is 9.84 Å². The van der Waals surface area contributed by atoms with Crippen molar-refractivity contribution in [3.05, 3.63) is 0 Å². The monoisotopic (exact) mass is 349 g/mol. The molecule has 0 radical (unpaired) electrons. The number of thioether (sulfide) groups is 1. The molecule has 0 unspecified atom stereocenters. The molecular formula is C15H27NO4S2. The predicted molar refractivity (Wildman–Crippen MR) is 89.7 cm³/mol. The van der Waals surface area contributed by atoms with Crippen molar-refractivity contribution in [2.24, 2.45) is 0 Å². The van der Waals surface area contributed by atoms with E-state index in [1.165, 1.54) is 17.6 Å². The zero-order valence-corrected chi connectivity index (χ0v) is 15.1. The second kappa shape index (κ2) is 8.02. The van der Waals surface area contributed by atoms with E-state index in [1.54, 1.807) is 11.8 Å². The van der Waals surface area contributed by atoms with Crippen LogP contribution >= 0.6 is 11.8 Å². The summed E-state index contributed by atoms with van der Waals surface area (Å²) >= 11 is 1.59. The van der Waals surface area contributed by atoms with Gasteiger partial charge in [-0.2, -0.15) is 11.8 Å². The zero-order valence-electron chi connectivity index (χ0n) is 13.5. The fraction of sp³-hybridized carbons (Fsp3) is 0.933. The zero-order chi connectivity index (χ0) is 16.2. The van der Waals surface area contributed by atoms with Gasteiger partial charge >= 0.3 is 0 Å². The van der Waals surface area contributed by atoms with Crippen LogP contribution in [-0.2, 0) is 19.4 Å². The fourth-order valence-corrected chi connectivity index (χ4v) is 5.96. The van der Waals surface area contributed by atoms with Crippen LogP contribution in [0.15, 0.2) is 0 Å². The molecule has 0 aromatic rings. The summed E-state index contributed by atoms with van der Waals surface area (Å²) < 4.78 is 29.9. The number of carbonyl (C=O) groups is 1. The van der Waals surface area contributed by atoms with Crippen LogP contribution in [0.3, 0.4) is 0 Å². The van der Waals surface area contributed by atoms with Crippen LogP contribution in [0, 0.1) is 0 Å². The maximum absolute atomic E-state index is 12.8. The molecule has 1 aliphatic carbocycles. The smallest absolute Gasteiger partial charge is 0.252 e. The van der Waals surface area contributed by atoms with E-state index >= 15 is 0 Å². The Morgan fingerprint density at radius 1 is 1.32 bits per heavy atom. The molecule has 1 aliphatic heterocycles. The Morgan fingerprint density at radius 2 is 2.00 bits per heavy atom. The minimum absolute atomic E-state index is 0.149. The van der Waals surface area contributed by atoms with E-state index in [1.807, 2.05) is 6.92 Å². The van der Waals surface area contributed by atoms with Gasteiger partial charge in [0.25, 0.3) is 5.91 Å². The number of hydrogen-bond donors (Lipinski definition) is 0. The number of hydrogen-bond acceptors (Lipinski definition) is 5. The Kier molecular flexibility index (Phi) is 6.58. The minimum atomic E-state index is -3.27. The van der Waals surface area contributed by atoms with Crippen molar-refractivity contribution in [3.63, 3.8) is 0 Å². The second-order valence-electron chi connectivity index (χ2n) is 6.18. The van der Waals surface area contributed by atoms with Crippen molar-refractivity contribution < 1.29 is 17.9 Å². The predicted octanol–water partition coefficient (Wildman–Crippen LogP) is 2.06. The van der Waals surface area contributed by atoms with E-state index in [9.17, 15) is 13.2 Å². The molecule has 7 heteroatoms. The van der Waals surface area contributed by atoms with Crippen LogP contribution in [0.1, 0.15) is 45.4 Å². The lowest BCUT2D eigenvalue weighted by Gasteiger charge is -2.37. The molecule has 0 aromatic heterocycles. The van der Waals surface area contributed by atoms with Crippen LogP contribution in [0.4, 0.5) is 0 Å². The molecule has 2 aliphatic rings. The van der Waals surface area contributed by atoms with Crippen molar-refractivity contribution in [3.8, 4) is 0 Å². The van der Waals surface area contributed by atoms with Gasteiger partial charge in [-0.3, -0.25) is 4.79 Å². The highest BCUT2D eigenvalue weighted by molar-refractivity contribution is 8.00. The first kappa shape index (κ1) is 18.1. The lowest BCUT2D eigenvalue weighted by Crippen LogP contribution is -2.53. The van der Waals surface area contributed by atoms with Crippen LogP contribution in [0.5, 0.6) is 0 Å². The number of sulfone groups is 1. The Bertz CT molecular complexity index is 474. The molecule has 2 rings (SSSR count). The first-order valence-electron chi connectivity index (χ1n) is 8.16. The Morgan fingerprint density at radius 3 is 2.59 bits per heavy atom. The number of ether oxygens (including phenoxy) is 1. The molecule has 0 spiro atoms. The summed E-state index contributed by atoms with van der Waals surface area (Å²) in [6.07, 6.45) is 7.02. The molecule has 0 aromatic carbocycles. The van der Waals surface area contributed by atoms with Crippen LogP contribution in [-0.4, -0.2) is 61.1 Å². The molecule has 22 heavy (non-hydrogen) atoms. The Labute approximate surface area is 138 Å². The van der Waals surface area contributed by atoms with E-state index in [-0.39, 0.29) is 12.0 Å². The van der Waals surface area contributed by atoms with Crippen molar-refractivity contribution in [2.75, 3.05) is 24.3 Å². The van der Waals surface area contributed by atoms with Crippen molar-refractivity contribution in [1.29, 1.82) is 0 Å². The standard InChI is InChI=1S/C15H27NO4S2/c1-3-13(20-12-7-5-4-6-8-12)15(17)16-9-10-21-11-14(16)22(2,18)19/h12-14H,3-11H2,1-2H3/t13-,14-/m0/s1. The first-order valence-corrected chi connectivity index (χ1v) is 11.3. The summed E-state index contributed by atoms with van der Waals surface area (Å²) in [6, 6.07) is 0. The highest BCUT2D eigenvalue weighted by atomic mass is 32.2. The molecule has 1 heterocycles. The summed E-state index contributed by atoms with van der Waals surface area (Å²) in [7, 11) is -3.27. The summed E-state index contributed by atoms with van der Waals surface area (Å²) in [5, 5.41) is -0.706. The topological polar surface area (TPSA) is 63.7 Å². The highest BCUT2D eigenvalue weighted by Gasteiger charge is 2.37. The van der Waals surface area contributed by atoms with E-state index in [0.29, 0.717) is 18.7 Å². The molecule has 128 valence electrons. The highest BCUT2D eigenvalue weighted by Crippen LogP contribution is 2.25. The molecule has 0 N–H and O–H groups in total. The summed E-state index contributed by atoms with van der Waals surface area (Å²) in [5.41, 5.74) is 0. The van der Waals surface area contributed by atoms with Gasteiger partial charge in [0, 0.05) is 24.3 Å². The third kappa shape index (κ3) is 4.61. The van der Waals surface area contributed by atoms with Gasteiger partial charge in [-0.1, -0.05) is 26.2 Å². The molecule has 0 bridgehead atoms. The lowest BCUT2D eigenvalue weighted by molar-refractivity contribution is -0.149. The van der Waals surface area contributed by atoms with E-state index in [2.05, 4.69) is 0 Å². The lowest BCUT2D eigenvalue weighted by atomic mass is 9.97. The van der Waals surface area contributed by atoms with Crippen LogP contribution < -0.4 is 0 Å². The number of amides is 1. The average molecular weight is 350 g/mol. The van der Waals surface area contributed by atoms with Gasteiger partial charge in [0.2, 0.25) is 0 Å². The Balaban J connectivity index is 2.05. The minimum Gasteiger partial charge on any atom is -0.365 e. The normalized spacial score (nSPS) is 25.9. The van der Waals surface area contributed by atoms with E-state index < -0.39 is 21.3 Å². The first-order chi connectivity index (χ1) is 10.4. The SMILES string of the molecule is CC[C@H](OC1CCCCC1)C(=O)N1CCSC[C@@H]1S(C)(=O)=O. The molecule has 1 saturated heterocycles. The van der Waals surface area contributed by atoms with Gasteiger partial charge in [-0.05, 0) is 19.3 Å². The van der Waals surface area contributed by atoms with Gasteiger partial charge in [-0.25, -0.2) is 8.42 Å². The van der Waals surface area contributed by atoms with E-state index in [0.717, 1.165) is 31.4 Å². The fourth-order valence-electron chi connectivity index (χ4n) is 3.14. The second-order valence-corrected chi connectivity index (χ2v) is 9.54. The van der Waals surface area contributed by atoms with Gasteiger partial charge in [0.05, 0.1) is 6.10 Å². The molecule has 1 amide bonds. The molecular weight excluding hydrogens is 322 g/mol. The third-order valence-corrected chi connectivity index (χ3v) is 7.06. The average Bonchev–Trinajstić information content (AvgIpc) is 2.52. The number of nitrogens with zero attached hydrogens (tertiary/aromatic N) is 1. The largest absolute Gasteiger partial charge is 0.365 e. The quantitative estimate of drug-likeness (QED) is 0.760. The summed E-state index contributed by atoms with van der Waals surface area (Å²) in [5.74, 6) is 1.10. The van der Waals surface area contributed by atoms with Crippen molar-refractivity contribution >= 4 is 27.5 Å². The van der Waals surface area contributed by atoms with Gasteiger partial charge < -0.3 is 9.64 Å². The van der Waals surface area contributed by atoms with Gasteiger partial charge in [0.1, 0.15) is 11.5 Å². The summed E-state index contributed by atoms with van der Waals surface area (Å²) in [6.45, 7) is 2.42. The molecule has 5 nitrogen and oxygen atoms in total. The van der Waals surface area contributed by atoms with Crippen molar-refractivity contribution in [1.82, 2.24) is 4.90 Å².